The number of methoxy groups -OCH3 is 1. The molecule has 9 nitrogen and oxygen atoms in total. The van der Waals surface area contributed by atoms with Crippen molar-refractivity contribution < 1.29 is 32.9 Å². The maximum Gasteiger partial charge on any atom is 0.387 e. The number of nitrogens with zero attached hydrogens (tertiary/aromatic N) is 3. The molecule has 1 aliphatic carbocycles. The highest BCUT2D eigenvalue weighted by Crippen LogP contribution is 2.37. The van der Waals surface area contributed by atoms with Crippen LogP contribution in [0.1, 0.15) is 42.5 Å². The molecule has 1 saturated heterocycles. The minimum Gasteiger partial charge on any atom is -0.496 e. The molecule has 0 bridgehead atoms. The van der Waals surface area contributed by atoms with Crippen molar-refractivity contribution in [3.63, 3.8) is 0 Å². The lowest BCUT2D eigenvalue weighted by molar-refractivity contribution is -0.0502. The van der Waals surface area contributed by atoms with Crippen LogP contribution >= 0.6 is 0 Å². The van der Waals surface area contributed by atoms with E-state index < -0.39 is 18.6 Å². The van der Waals surface area contributed by atoms with Crippen molar-refractivity contribution in [2.24, 2.45) is 0 Å². The Labute approximate surface area is 219 Å². The normalized spacial score (nSPS) is 17.0. The zero-order chi connectivity index (χ0) is 26.6. The second-order valence-corrected chi connectivity index (χ2v) is 9.74. The van der Waals surface area contributed by atoms with Gasteiger partial charge in [0, 0.05) is 30.4 Å². The number of benzene rings is 1. The van der Waals surface area contributed by atoms with Gasteiger partial charge in [0.25, 0.3) is 5.91 Å². The molecule has 1 aliphatic heterocycles. The maximum atomic E-state index is 13.3. The first-order valence-electron chi connectivity index (χ1n) is 12.9. The minimum atomic E-state index is -3.12. The molecule has 2 aromatic heterocycles. The van der Waals surface area contributed by atoms with E-state index in [0.717, 1.165) is 38.8 Å². The Morgan fingerprint density at radius 3 is 2.66 bits per heavy atom. The Balaban J connectivity index is 1.36. The molecule has 5 rings (SSSR count). The molecule has 204 valence electrons. The number of nitrogens with one attached hydrogen (secondary N) is 1. The summed E-state index contributed by atoms with van der Waals surface area (Å²) in [6, 6.07) is 6.51. The fourth-order valence-corrected chi connectivity index (χ4v) is 4.75. The molecule has 2 fully saturated rings. The SMILES string of the molecule is COc1cc(-c2cnc3cc(OCC(O)CN4CCCCC4)ccn23)cc(OC(F)F)c1C(=O)NC1CC1. The Morgan fingerprint density at radius 1 is 1.18 bits per heavy atom. The molecule has 11 heteroatoms. The number of aliphatic hydroxyl groups excluding tert-OH is 1. The molecule has 3 heterocycles. The third kappa shape index (κ3) is 6.16. The number of hydrogen-bond donors (Lipinski definition) is 2. The highest BCUT2D eigenvalue weighted by atomic mass is 19.3. The van der Waals surface area contributed by atoms with Crippen molar-refractivity contribution in [3.8, 4) is 28.5 Å². The standard InChI is InChI=1S/C27H32F2N4O5/c1-36-22-11-17(12-23(38-27(28)29)25(22)26(35)31-18-5-6-18)21-14-30-24-13-20(7-10-33(21)24)37-16-19(34)15-32-8-3-2-4-9-32/h7,10-14,18-19,27,34H,2-6,8-9,15-16H2,1H3,(H,31,35). The highest BCUT2D eigenvalue weighted by molar-refractivity contribution is 6.01. The molecule has 2 N–H and O–H groups in total. The number of β-amino-alcohol motifs (C(OH)–C–C–N with tert-alkyl or cyclic N) is 1. The van der Waals surface area contributed by atoms with Crippen molar-refractivity contribution in [2.75, 3.05) is 33.4 Å². The molecule has 0 radical (unpaired) electrons. The average Bonchev–Trinajstić information content (AvgIpc) is 3.62. The number of aliphatic hydroxyl groups is 1. The van der Waals surface area contributed by atoms with Gasteiger partial charge in [-0.3, -0.25) is 9.20 Å². The van der Waals surface area contributed by atoms with Crippen molar-refractivity contribution in [1.29, 1.82) is 0 Å². The number of fused-ring (bicyclic) bond motifs is 1. The summed E-state index contributed by atoms with van der Waals surface area (Å²) in [4.78, 5) is 19.5. The van der Waals surface area contributed by atoms with Gasteiger partial charge >= 0.3 is 6.61 Å². The summed E-state index contributed by atoms with van der Waals surface area (Å²) in [6.07, 6.45) is 7.99. The quantitative estimate of drug-likeness (QED) is 0.390. The number of ether oxygens (including phenoxy) is 3. The number of aromatic nitrogens is 2. The molecular weight excluding hydrogens is 498 g/mol. The van der Waals surface area contributed by atoms with Crippen LogP contribution in [0.3, 0.4) is 0 Å². The number of hydrogen-bond acceptors (Lipinski definition) is 7. The van der Waals surface area contributed by atoms with E-state index in [1.165, 1.54) is 19.6 Å². The van der Waals surface area contributed by atoms with E-state index in [1.807, 2.05) is 0 Å². The summed E-state index contributed by atoms with van der Waals surface area (Å²) in [7, 11) is 1.37. The fourth-order valence-electron chi connectivity index (χ4n) is 4.75. The Morgan fingerprint density at radius 2 is 1.95 bits per heavy atom. The van der Waals surface area contributed by atoms with Gasteiger partial charge in [0.05, 0.1) is 19.0 Å². The first-order valence-corrected chi connectivity index (χ1v) is 12.9. The predicted octanol–water partition coefficient (Wildman–Crippen LogP) is 3.73. The van der Waals surface area contributed by atoms with Gasteiger partial charge in [0.15, 0.2) is 0 Å². The maximum absolute atomic E-state index is 13.3. The van der Waals surface area contributed by atoms with Gasteiger partial charge in [-0.1, -0.05) is 6.42 Å². The number of imidazole rings is 1. The molecule has 1 saturated carbocycles. The average molecular weight is 531 g/mol. The second-order valence-electron chi connectivity index (χ2n) is 9.74. The third-order valence-corrected chi connectivity index (χ3v) is 6.78. The van der Waals surface area contributed by atoms with Gasteiger partial charge in [0.2, 0.25) is 0 Å². The summed E-state index contributed by atoms with van der Waals surface area (Å²) in [5.41, 5.74) is 1.56. The zero-order valence-corrected chi connectivity index (χ0v) is 21.2. The van der Waals surface area contributed by atoms with Crippen molar-refractivity contribution in [3.05, 3.63) is 42.2 Å². The van der Waals surface area contributed by atoms with Gasteiger partial charge in [0.1, 0.15) is 41.2 Å². The van der Waals surface area contributed by atoms with E-state index in [2.05, 4.69) is 15.2 Å². The number of carbonyl (C=O) groups is 1. The lowest BCUT2D eigenvalue weighted by Crippen LogP contribution is -2.38. The first kappa shape index (κ1) is 26.2. The monoisotopic (exact) mass is 530 g/mol. The van der Waals surface area contributed by atoms with Crippen LogP contribution in [-0.4, -0.2) is 77.4 Å². The molecule has 38 heavy (non-hydrogen) atoms. The van der Waals surface area contributed by atoms with E-state index in [9.17, 15) is 18.7 Å². The van der Waals surface area contributed by atoms with Crippen LogP contribution in [0.5, 0.6) is 17.2 Å². The number of alkyl halides is 2. The number of halogens is 2. The fraction of sp³-hybridized carbons (Fsp3) is 0.481. The summed E-state index contributed by atoms with van der Waals surface area (Å²) >= 11 is 0. The molecule has 3 aromatic rings. The Bertz CT molecular complexity index is 1270. The molecule has 0 spiro atoms. The van der Waals surface area contributed by atoms with Crippen molar-refractivity contribution in [2.45, 2.75) is 50.9 Å². The van der Waals surface area contributed by atoms with E-state index in [4.69, 9.17) is 14.2 Å². The van der Waals surface area contributed by atoms with Crippen LogP contribution in [0.15, 0.2) is 36.7 Å². The topological polar surface area (TPSA) is 97.6 Å². The molecule has 2 aliphatic rings. The Kier molecular flexibility index (Phi) is 7.94. The number of likely N-dealkylation sites (tertiary alicyclic amines) is 1. The zero-order valence-electron chi connectivity index (χ0n) is 21.2. The van der Waals surface area contributed by atoms with Gasteiger partial charge in [-0.15, -0.1) is 0 Å². The predicted molar refractivity (Wildman–Crippen MR) is 136 cm³/mol. The highest BCUT2D eigenvalue weighted by Gasteiger charge is 2.29. The van der Waals surface area contributed by atoms with E-state index >= 15 is 0 Å². The third-order valence-electron chi connectivity index (χ3n) is 6.78. The van der Waals surface area contributed by atoms with Crippen LogP contribution in [0.2, 0.25) is 0 Å². The number of carbonyl (C=O) groups excluding carboxylic acids is 1. The molecule has 1 atom stereocenters. The van der Waals surface area contributed by atoms with E-state index in [-0.39, 0.29) is 29.7 Å². The summed E-state index contributed by atoms with van der Waals surface area (Å²) < 4.78 is 44.2. The lowest BCUT2D eigenvalue weighted by Gasteiger charge is -2.28. The summed E-state index contributed by atoms with van der Waals surface area (Å²) in [5, 5.41) is 13.2. The molecular formula is C27H32F2N4O5. The van der Waals surface area contributed by atoms with Crippen LogP contribution in [0, 0.1) is 0 Å². The molecule has 1 aromatic carbocycles. The van der Waals surface area contributed by atoms with Gasteiger partial charge in [-0.25, -0.2) is 4.98 Å². The second kappa shape index (κ2) is 11.5. The van der Waals surface area contributed by atoms with E-state index in [0.29, 0.717) is 29.2 Å². The molecule has 1 amide bonds. The number of amides is 1. The van der Waals surface area contributed by atoms with Gasteiger partial charge in [-0.2, -0.15) is 8.78 Å². The number of pyridine rings is 1. The Hall–Kier alpha value is -3.44. The summed E-state index contributed by atoms with van der Waals surface area (Å²) in [5.74, 6) is -0.119. The van der Waals surface area contributed by atoms with Crippen LogP contribution in [0.25, 0.3) is 16.9 Å². The smallest absolute Gasteiger partial charge is 0.387 e. The molecule has 1 unspecified atom stereocenters. The van der Waals surface area contributed by atoms with E-state index in [1.54, 1.807) is 35.0 Å². The van der Waals surface area contributed by atoms with Crippen LogP contribution in [-0.2, 0) is 0 Å². The first-order chi connectivity index (χ1) is 18.4. The van der Waals surface area contributed by atoms with Gasteiger partial charge in [-0.05, 0) is 57.0 Å². The van der Waals surface area contributed by atoms with Crippen molar-refractivity contribution in [1.82, 2.24) is 19.6 Å². The lowest BCUT2D eigenvalue weighted by atomic mass is 10.1. The van der Waals surface area contributed by atoms with Crippen LogP contribution in [0.4, 0.5) is 8.78 Å². The number of piperidine rings is 1. The minimum absolute atomic E-state index is 0.0346. The largest absolute Gasteiger partial charge is 0.496 e. The number of rotatable bonds is 11. The van der Waals surface area contributed by atoms with Crippen molar-refractivity contribution >= 4 is 11.6 Å². The van der Waals surface area contributed by atoms with Crippen LogP contribution < -0.4 is 19.5 Å². The van der Waals surface area contributed by atoms with Gasteiger partial charge < -0.3 is 29.5 Å². The summed E-state index contributed by atoms with van der Waals surface area (Å²) in [6.45, 7) is -0.373.